The zero-order valence-corrected chi connectivity index (χ0v) is 15.4. The number of carbonyl (C=O) groups is 1. The number of methoxy groups -OCH3 is 1. The molecule has 2 saturated heterocycles. The van der Waals surface area contributed by atoms with Crippen LogP contribution in [0.2, 0.25) is 0 Å². The van der Waals surface area contributed by atoms with Gasteiger partial charge in [0.25, 0.3) is 0 Å². The summed E-state index contributed by atoms with van der Waals surface area (Å²) in [5, 5.41) is 3.39. The van der Waals surface area contributed by atoms with E-state index in [4.69, 9.17) is 9.47 Å². The topological polar surface area (TPSA) is 50.8 Å². The van der Waals surface area contributed by atoms with E-state index in [2.05, 4.69) is 12.2 Å². The maximum absolute atomic E-state index is 12.5. The largest absolute Gasteiger partial charge is 0.382 e. The number of hydrogen-bond donors (Lipinski definition) is 1. The minimum atomic E-state index is 0. The third-order valence-corrected chi connectivity index (χ3v) is 5.11. The number of likely N-dealkylation sites (tertiary alicyclic amines) is 1. The number of hydrogen-bond acceptors (Lipinski definition) is 4. The maximum Gasteiger partial charge on any atom is 0.222 e. The van der Waals surface area contributed by atoms with Crippen LogP contribution in [0.5, 0.6) is 0 Å². The SMILES string of the molecule is COCCOCC1CCN(C(=O)CC(C)C2CCNCC2)C1.Cl. The van der Waals surface area contributed by atoms with Crippen LogP contribution in [0.1, 0.15) is 32.6 Å². The molecule has 2 unspecified atom stereocenters. The van der Waals surface area contributed by atoms with Crippen LogP contribution in [-0.4, -0.2) is 63.9 Å². The lowest BCUT2D eigenvalue weighted by atomic mass is 9.84. The predicted molar refractivity (Wildman–Crippen MR) is 94.0 cm³/mol. The van der Waals surface area contributed by atoms with Crippen molar-refractivity contribution in [1.29, 1.82) is 0 Å². The number of ether oxygens (including phenoxy) is 2. The van der Waals surface area contributed by atoms with Gasteiger partial charge in [0, 0.05) is 32.5 Å². The van der Waals surface area contributed by atoms with Gasteiger partial charge in [0.2, 0.25) is 5.91 Å². The fourth-order valence-corrected chi connectivity index (χ4v) is 3.57. The molecule has 0 aromatic carbocycles. The van der Waals surface area contributed by atoms with E-state index in [9.17, 15) is 4.79 Å². The van der Waals surface area contributed by atoms with Gasteiger partial charge >= 0.3 is 0 Å². The lowest BCUT2D eigenvalue weighted by Crippen LogP contribution is -2.35. The van der Waals surface area contributed by atoms with Crippen LogP contribution in [0.25, 0.3) is 0 Å². The first kappa shape index (κ1) is 20.7. The number of rotatable bonds is 8. The van der Waals surface area contributed by atoms with Crippen molar-refractivity contribution < 1.29 is 14.3 Å². The fourth-order valence-electron chi connectivity index (χ4n) is 3.57. The predicted octanol–water partition coefficient (Wildman–Crippen LogP) is 1.95. The van der Waals surface area contributed by atoms with E-state index in [1.165, 1.54) is 12.8 Å². The Balaban J connectivity index is 0.00000264. The minimum Gasteiger partial charge on any atom is -0.382 e. The van der Waals surface area contributed by atoms with E-state index >= 15 is 0 Å². The molecule has 2 aliphatic heterocycles. The number of nitrogens with one attached hydrogen (secondary N) is 1. The Kier molecular flexibility index (Phi) is 10.1. The molecular weight excluding hydrogens is 316 g/mol. The molecule has 0 aliphatic carbocycles. The number of piperidine rings is 1. The molecule has 2 heterocycles. The van der Waals surface area contributed by atoms with Gasteiger partial charge in [-0.3, -0.25) is 4.79 Å². The molecule has 2 fully saturated rings. The van der Waals surface area contributed by atoms with E-state index in [1.807, 2.05) is 4.90 Å². The number of halogens is 1. The third-order valence-electron chi connectivity index (χ3n) is 5.11. The molecule has 0 aromatic heterocycles. The molecule has 0 spiro atoms. The van der Waals surface area contributed by atoms with Crippen molar-refractivity contribution in [2.75, 3.05) is 53.1 Å². The van der Waals surface area contributed by atoms with Gasteiger partial charge in [0.1, 0.15) is 0 Å². The molecule has 136 valence electrons. The quantitative estimate of drug-likeness (QED) is 0.681. The van der Waals surface area contributed by atoms with E-state index in [1.54, 1.807) is 7.11 Å². The monoisotopic (exact) mass is 348 g/mol. The van der Waals surface area contributed by atoms with Crippen molar-refractivity contribution in [2.24, 2.45) is 17.8 Å². The molecular formula is C17H33ClN2O3. The van der Waals surface area contributed by atoms with Gasteiger partial charge in [-0.05, 0) is 44.2 Å². The molecule has 2 atom stereocenters. The molecule has 2 aliphatic rings. The smallest absolute Gasteiger partial charge is 0.222 e. The van der Waals surface area contributed by atoms with Crippen molar-refractivity contribution in [1.82, 2.24) is 10.2 Å². The van der Waals surface area contributed by atoms with Crippen LogP contribution in [0.3, 0.4) is 0 Å². The van der Waals surface area contributed by atoms with Crippen LogP contribution in [0, 0.1) is 17.8 Å². The molecule has 0 radical (unpaired) electrons. The molecule has 1 N–H and O–H groups in total. The molecule has 0 aromatic rings. The summed E-state index contributed by atoms with van der Waals surface area (Å²) in [6.45, 7) is 8.26. The maximum atomic E-state index is 12.5. The van der Waals surface area contributed by atoms with Crippen LogP contribution in [0.15, 0.2) is 0 Å². The summed E-state index contributed by atoms with van der Waals surface area (Å²) in [6, 6.07) is 0. The van der Waals surface area contributed by atoms with Gasteiger partial charge in [0.15, 0.2) is 0 Å². The van der Waals surface area contributed by atoms with Gasteiger partial charge < -0.3 is 19.7 Å². The molecule has 23 heavy (non-hydrogen) atoms. The van der Waals surface area contributed by atoms with Gasteiger partial charge in [-0.2, -0.15) is 0 Å². The van der Waals surface area contributed by atoms with Crippen molar-refractivity contribution in [3.05, 3.63) is 0 Å². The molecule has 0 bridgehead atoms. The average molecular weight is 349 g/mol. The fraction of sp³-hybridized carbons (Fsp3) is 0.941. The standard InChI is InChI=1S/C17H32N2O3.ClH/c1-14(16-3-6-18-7-4-16)11-17(20)19-8-5-15(12-19)13-22-10-9-21-2;/h14-16,18H,3-13H2,1-2H3;1H. The molecule has 1 amide bonds. The highest BCUT2D eigenvalue weighted by atomic mass is 35.5. The Morgan fingerprint density at radius 1 is 1.26 bits per heavy atom. The van der Waals surface area contributed by atoms with Crippen LogP contribution >= 0.6 is 12.4 Å². The summed E-state index contributed by atoms with van der Waals surface area (Å²) in [5.74, 6) is 2.05. The van der Waals surface area contributed by atoms with Crippen molar-refractivity contribution in [2.45, 2.75) is 32.6 Å². The summed E-state index contributed by atoms with van der Waals surface area (Å²) in [7, 11) is 1.68. The Hall–Kier alpha value is -0.360. The Labute approximate surface area is 146 Å². The summed E-state index contributed by atoms with van der Waals surface area (Å²) < 4.78 is 10.6. The van der Waals surface area contributed by atoms with E-state index in [-0.39, 0.29) is 12.4 Å². The highest BCUT2D eigenvalue weighted by molar-refractivity contribution is 5.85. The third kappa shape index (κ3) is 6.96. The molecule has 6 heteroatoms. The second kappa shape index (κ2) is 11.2. The van der Waals surface area contributed by atoms with Crippen LogP contribution in [0.4, 0.5) is 0 Å². The van der Waals surface area contributed by atoms with Gasteiger partial charge in [-0.1, -0.05) is 6.92 Å². The summed E-state index contributed by atoms with van der Waals surface area (Å²) in [5.41, 5.74) is 0. The lowest BCUT2D eigenvalue weighted by Gasteiger charge is -2.29. The number of amides is 1. The number of nitrogens with zero attached hydrogens (tertiary/aromatic N) is 1. The Bertz CT molecular complexity index is 338. The molecule has 0 saturated carbocycles. The summed E-state index contributed by atoms with van der Waals surface area (Å²) in [4.78, 5) is 14.5. The summed E-state index contributed by atoms with van der Waals surface area (Å²) in [6.07, 6.45) is 4.21. The van der Waals surface area contributed by atoms with Gasteiger partial charge in [-0.15, -0.1) is 12.4 Å². The average Bonchev–Trinajstić information content (AvgIpc) is 3.01. The highest BCUT2D eigenvalue weighted by Gasteiger charge is 2.29. The first-order chi connectivity index (χ1) is 10.7. The second-order valence-corrected chi connectivity index (χ2v) is 6.83. The van der Waals surface area contributed by atoms with Crippen LogP contribution in [-0.2, 0) is 14.3 Å². The van der Waals surface area contributed by atoms with Gasteiger partial charge in [-0.25, -0.2) is 0 Å². The first-order valence-electron chi connectivity index (χ1n) is 8.76. The zero-order valence-electron chi connectivity index (χ0n) is 14.6. The first-order valence-corrected chi connectivity index (χ1v) is 8.76. The summed E-state index contributed by atoms with van der Waals surface area (Å²) >= 11 is 0. The van der Waals surface area contributed by atoms with E-state index < -0.39 is 0 Å². The normalized spacial score (nSPS) is 23.6. The highest BCUT2D eigenvalue weighted by Crippen LogP contribution is 2.26. The Morgan fingerprint density at radius 3 is 2.70 bits per heavy atom. The van der Waals surface area contributed by atoms with Crippen molar-refractivity contribution in [3.8, 4) is 0 Å². The van der Waals surface area contributed by atoms with Crippen molar-refractivity contribution >= 4 is 18.3 Å². The molecule has 2 rings (SSSR count). The lowest BCUT2D eigenvalue weighted by molar-refractivity contribution is -0.131. The zero-order chi connectivity index (χ0) is 15.8. The molecule has 5 nitrogen and oxygen atoms in total. The van der Waals surface area contributed by atoms with Crippen molar-refractivity contribution in [3.63, 3.8) is 0 Å². The Morgan fingerprint density at radius 2 is 2.00 bits per heavy atom. The second-order valence-electron chi connectivity index (χ2n) is 6.83. The van der Waals surface area contributed by atoms with Crippen LogP contribution < -0.4 is 5.32 Å². The van der Waals surface area contributed by atoms with Gasteiger partial charge in [0.05, 0.1) is 19.8 Å². The van der Waals surface area contributed by atoms with E-state index in [0.717, 1.165) is 39.2 Å². The van der Waals surface area contributed by atoms with E-state index in [0.29, 0.717) is 43.3 Å². The number of carbonyl (C=O) groups excluding carboxylic acids is 1. The minimum absolute atomic E-state index is 0.